The van der Waals surface area contributed by atoms with Crippen molar-refractivity contribution in [1.29, 1.82) is 0 Å². The lowest BCUT2D eigenvalue weighted by Gasteiger charge is -2.35. The van der Waals surface area contributed by atoms with Crippen molar-refractivity contribution in [3.05, 3.63) is 29.8 Å². The van der Waals surface area contributed by atoms with Crippen LogP contribution in [0.3, 0.4) is 0 Å². The maximum atomic E-state index is 5.39. The summed E-state index contributed by atoms with van der Waals surface area (Å²) in [4.78, 5) is 0. The molecule has 1 aromatic rings. The first-order chi connectivity index (χ1) is 8.72. The zero-order chi connectivity index (χ0) is 13.0. The Morgan fingerprint density at radius 3 is 2.78 bits per heavy atom. The molecule has 0 spiro atoms. The molecule has 1 N–H and O–H groups in total. The first kappa shape index (κ1) is 13.4. The largest absolute Gasteiger partial charge is 0.496 e. The maximum Gasteiger partial charge on any atom is 0.123 e. The second kappa shape index (κ2) is 6.24. The molecule has 1 aliphatic carbocycles. The number of hydrogen-bond acceptors (Lipinski definition) is 2. The van der Waals surface area contributed by atoms with E-state index >= 15 is 0 Å². The Morgan fingerprint density at radius 2 is 2.00 bits per heavy atom. The normalized spacial score (nSPS) is 28.1. The third kappa shape index (κ3) is 3.05. The van der Waals surface area contributed by atoms with Gasteiger partial charge in [0.1, 0.15) is 5.75 Å². The minimum atomic E-state index is 0.652. The van der Waals surface area contributed by atoms with Gasteiger partial charge in [-0.1, -0.05) is 44.9 Å². The molecule has 18 heavy (non-hydrogen) atoms. The summed E-state index contributed by atoms with van der Waals surface area (Å²) in [6.07, 6.45) is 4.05. The lowest BCUT2D eigenvalue weighted by atomic mass is 9.78. The minimum absolute atomic E-state index is 0.652. The summed E-state index contributed by atoms with van der Waals surface area (Å²) in [5.74, 6) is 2.60. The summed E-state index contributed by atoms with van der Waals surface area (Å²) in [5.41, 5.74) is 1.26. The topological polar surface area (TPSA) is 21.3 Å². The van der Waals surface area contributed by atoms with Crippen molar-refractivity contribution in [2.75, 3.05) is 7.11 Å². The van der Waals surface area contributed by atoms with Gasteiger partial charge in [-0.3, -0.25) is 0 Å². The molecular formula is C16H25NO. The monoisotopic (exact) mass is 247 g/mol. The van der Waals surface area contributed by atoms with Crippen LogP contribution in [0.5, 0.6) is 5.75 Å². The zero-order valence-electron chi connectivity index (χ0n) is 11.8. The van der Waals surface area contributed by atoms with Crippen LogP contribution in [-0.4, -0.2) is 13.2 Å². The smallest absolute Gasteiger partial charge is 0.123 e. The lowest BCUT2D eigenvalue weighted by Crippen LogP contribution is -2.40. The highest BCUT2D eigenvalue weighted by Gasteiger charge is 2.26. The van der Waals surface area contributed by atoms with Crippen molar-refractivity contribution < 1.29 is 4.74 Å². The van der Waals surface area contributed by atoms with Gasteiger partial charge in [-0.05, 0) is 24.3 Å². The van der Waals surface area contributed by atoms with Gasteiger partial charge in [0, 0.05) is 18.2 Å². The van der Waals surface area contributed by atoms with E-state index < -0.39 is 0 Å². The molecule has 0 bridgehead atoms. The van der Waals surface area contributed by atoms with Gasteiger partial charge < -0.3 is 10.1 Å². The molecule has 2 nitrogen and oxygen atoms in total. The Hall–Kier alpha value is -1.02. The van der Waals surface area contributed by atoms with Crippen LogP contribution in [-0.2, 0) is 6.54 Å². The van der Waals surface area contributed by atoms with Crippen molar-refractivity contribution in [3.63, 3.8) is 0 Å². The Labute approximate surface area is 111 Å². The second-order valence-corrected chi connectivity index (χ2v) is 5.57. The Balaban J connectivity index is 1.94. The molecule has 100 valence electrons. The Kier molecular flexibility index (Phi) is 4.65. The van der Waals surface area contributed by atoms with Crippen molar-refractivity contribution in [3.8, 4) is 5.75 Å². The Morgan fingerprint density at radius 1 is 1.22 bits per heavy atom. The van der Waals surface area contributed by atoms with E-state index in [-0.39, 0.29) is 0 Å². The second-order valence-electron chi connectivity index (χ2n) is 5.57. The van der Waals surface area contributed by atoms with Crippen molar-refractivity contribution in [2.24, 2.45) is 11.8 Å². The summed E-state index contributed by atoms with van der Waals surface area (Å²) >= 11 is 0. The van der Waals surface area contributed by atoms with Crippen molar-refractivity contribution in [2.45, 2.75) is 45.7 Å². The molecule has 1 aromatic carbocycles. The van der Waals surface area contributed by atoms with E-state index in [9.17, 15) is 0 Å². The Bertz CT molecular complexity index is 377. The fourth-order valence-corrected chi connectivity index (χ4v) is 2.96. The van der Waals surface area contributed by atoms with Gasteiger partial charge in [-0.15, -0.1) is 0 Å². The van der Waals surface area contributed by atoms with E-state index in [1.807, 2.05) is 12.1 Å². The molecule has 0 aromatic heterocycles. The van der Waals surface area contributed by atoms with Gasteiger partial charge >= 0.3 is 0 Å². The van der Waals surface area contributed by atoms with E-state index in [2.05, 4.69) is 31.3 Å². The molecule has 0 saturated heterocycles. The van der Waals surface area contributed by atoms with Gasteiger partial charge in [-0.25, -0.2) is 0 Å². The third-order valence-corrected chi connectivity index (χ3v) is 4.45. The zero-order valence-corrected chi connectivity index (χ0v) is 11.8. The van der Waals surface area contributed by atoms with Crippen LogP contribution in [0.4, 0.5) is 0 Å². The molecule has 3 atom stereocenters. The predicted molar refractivity (Wildman–Crippen MR) is 75.8 cm³/mol. The molecule has 0 radical (unpaired) electrons. The van der Waals surface area contributed by atoms with E-state index in [4.69, 9.17) is 4.74 Å². The van der Waals surface area contributed by atoms with Crippen LogP contribution in [0.2, 0.25) is 0 Å². The highest BCUT2D eigenvalue weighted by atomic mass is 16.5. The standard InChI is InChI=1S/C16H25NO/c1-12-7-6-9-15(13(12)2)17-11-14-8-4-5-10-16(14)18-3/h4-5,8,10,12-13,15,17H,6-7,9,11H2,1-3H3/t12-,13-,15-/m1/s1. The molecule has 2 rings (SSSR count). The van der Waals surface area contributed by atoms with Gasteiger partial charge in [-0.2, -0.15) is 0 Å². The van der Waals surface area contributed by atoms with E-state index in [1.54, 1.807) is 7.11 Å². The highest BCUT2D eigenvalue weighted by Crippen LogP contribution is 2.30. The number of rotatable bonds is 4. The van der Waals surface area contributed by atoms with Gasteiger partial charge in [0.2, 0.25) is 0 Å². The molecule has 2 heteroatoms. The molecular weight excluding hydrogens is 222 g/mol. The fraction of sp³-hybridized carbons (Fsp3) is 0.625. The van der Waals surface area contributed by atoms with Crippen LogP contribution in [0, 0.1) is 11.8 Å². The van der Waals surface area contributed by atoms with Crippen LogP contribution >= 0.6 is 0 Å². The number of ether oxygens (including phenoxy) is 1. The average Bonchev–Trinajstić information content (AvgIpc) is 2.41. The minimum Gasteiger partial charge on any atom is -0.496 e. The molecule has 0 aliphatic heterocycles. The summed E-state index contributed by atoms with van der Waals surface area (Å²) in [5, 5.41) is 3.71. The maximum absolute atomic E-state index is 5.39. The summed E-state index contributed by atoms with van der Waals surface area (Å²) in [6, 6.07) is 8.92. The number of methoxy groups -OCH3 is 1. The van der Waals surface area contributed by atoms with Gasteiger partial charge in [0.15, 0.2) is 0 Å². The molecule has 0 amide bonds. The highest BCUT2D eigenvalue weighted by molar-refractivity contribution is 5.33. The van der Waals surface area contributed by atoms with Crippen LogP contribution in [0.25, 0.3) is 0 Å². The SMILES string of the molecule is COc1ccccc1CN[C@@H]1CCC[C@@H](C)[C@H]1C. The third-order valence-electron chi connectivity index (χ3n) is 4.45. The van der Waals surface area contributed by atoms with Gasteiger partial charge in [0.25, 0.3) is 0 Å². The summed E-state index contributed by atoms with van der Waals surface area (Å²) in [7, 11) is 1.74. The molecule has 1 aliphatic rings. The number of benzene rings is 1. The van der Waals surface area contributed by atoms with Crippen LogP contribution in [0.1, 0.15) is 38.7 Å². The van der Waals surface area contributed by atoms with Crippen LogP contribution < -0.4 is 10.1 Å². The number of para-hydroxylation sites is 1. The average molecular weight is 247 g/mol. The van der Waals surface area contributed by atoms with Gasteiger partial charge in [0.05, 0.1) is 7.11 Å². The van der Waals surface area contributed by atoms with E-state index in [0.29, 0.717) is 6.04 Å². The number of nitrogens with one attached hydrogen (secondary N) is 1. The first-order valence-electron chi connectivity index (χ1n) is 7.07. The van der Waals surface area contributed by atoms with Crippen molar-refractivity contribution >= 4 is 0 Å². The fourth-order valence-electron chi connectivity index (χ4n) is 2.96. The predicted octanol–water partition coefficient (Wildman–Crippen LogP) is 3.61. The summed E-state index contributed by atoms with van der Waals surface area (Å²) in [6.45, 7) is 5.66. The number of hydrogen-bond donors (Lipinski definition) is 1. The molecule has 1 fully saturated rings. The first-order valence-corrected chi connectivity index (χ1v) is 7.07. The molecule has 0 unspecified atom stereocenters. The lowest BCUT2D eigenvalue weighted by molar-refractivity contribution is 0.205. The quantitative estimate of drug-likeness (QED) is 0.877. The van der Waals surface area contributed by atoms with E-state index in [1.165, 1.54) is 24.8 Å². The van der Waals surface area contributed by atoms with Crippen LogP contribution in [0.15, 0.2) is 24.3 Å². The van der Waals surface area contributed by atoms with Crippen molar-refractivity contribution in [1.82, 2.24) is 5.32 Å². The van der Waals surface area contributed by atoms with E-state index in [0.717, 1.165) is 24.1 Å². The molecule has 0 heterocycles. The molecule has 1 saturated carbocycles. The summed E-state index contributed by atoms with van der Waals surface area (Å²) < 4.78 is 5.39.